The molecule has 1 aromatic rings. The fourth-order valence-corrected chi connectivity index (χ4v) is 3.76. The van der Waals surface area contributed by atoms with Gasteiger partial charge in [-0.15, -0.1) is 24.0 Å². The Kier molecular flexibility index (Phi) is 13.6. The lowest BCUT2D eigenvalue weighted by molar-refractivity contribution is 0.198. The number of nitrogens with zero attached hydrogens (tertiary/aromatic N) is 2. The van der Waals surface area contributed by atoms with E-state index < -0.39 is 0 Å². The second kappa shape index (κ2) is 14.8. The van der Waals surface area contributed by atoms with E-state index in [4.69, 9.17) is 16.6 Å². The highest BCUT2D eigenvalue weighted by atomic mass is 127. The van der Waals surface area contributed by atoms with Crippen LogP contribution in [0.1, 0.15) is 38.2 Å². The minimum atomic E-state index is 0. The quantitative estimate of drug-likeness (QED) is 0.214. The van der Waals surface area contributed by atoms with Gasteiger partial charge in [0.05, 0.1) is 0 Å². The molecule has 1 aromatic carbocycles. The summed E-state index contributed by atoms with van der Waals surface area (Å²) in [5, 5.41) is 7.82. The molecule has 0 aliphatic carbocycles. The summed E-state index contributed by atoms with van der Waals surface area (Å²) in [5.74, 6) is 2.21. The van der Waals surface area contributed by atoms with E-state index in [0.717, 1.165) is 63.0 Å². The summed E-state index contributed by atoms with van der Waals surface area (Å²) in [6.45, 7) is 7.19. The Morgan fingerprint density at radius 2 is 1.93 bits per heavy atom. The van der Waals surface area contributed by atoms with Crippen LogP contribution in [-0.2, 0) is 6.54 Å². The van der Waals surface area contributed by atoms with Crippen LogP contribution in [0.2, 0.25) is 5.02 Å². The van der Waals surface area contributed by atoms with Crippen LogP contribution in [-0.4, -0.2) is 55.1 Å². The maximum absolute atomic E-state index is 5.97. The molecular formula is C20H34ClIN4S. The predicted octanol–water partition coefficient (Wildman–Crippen LogP) is 4.62. The normalized spacial score (nSPS) is 16.0. The van der Waals surface area contributed by atoms with Crippen molar-refractivity contribution in [1.82, 2.24) is 15.5 Å². The predicted molar refractivity (Wildman–Crippen MR) is 132 cm³/mol. The van der Waals surface area contributed by atoms with Crippen LogP contribution < -0.4 is 10.6 Å². The lowest BCUT2D eigenvalue weighted by Gasteiger charge is -2.33. The van der Waals surface area contributed by atoms with Crippen molar-refractivity contribution in [3.8, 4) is 0 Å². The van der Waals surface area contributed by atoms with E-state index in [9.17, 15) is 0 Å². The van der Waals surface area contributed by atoms with Gasteiger partial charge in [-0.2, -0.15) is 11.8 Å². The summed E-state index contributed by atoms with van der Waals surface area (Å²) in [6.07, 6.45) is 6.88. The van der Waals surface area contributed by atoms with Gasteiger partial charge >= 0.3 is 0 Å². The minimum absolute atomic E-state index is 0. The van der Waals surface area contributed by atoms with Crippen molar-refractivity contribution in [2.75, 3.05) is 38.2 Å². The molecule has 27 heavy (non-hydrogen) atoms. The van der Waals surface area contributed by atoms with Crippen LogP contribution in [0.3, 0.4) is 0 Å². The Bertz CT molecular complexity index is 533. The van der Waals surface area contributed by atoms with Crippen LogP contribution in [0.15, 0.2) is 29.3 Å². The first-order valence-corrected chi connectivity index (χ1v) is 11.5. The number of aliphatic imine (C=N–C) groups is 1. The van der Waals surface area contributed by atoms with Crippen molar-refractivity contribution in [3.05, 3.63) is 34.9 Å². The highest BCUT2D eigenvalue weighted by molar-refractivity contribution is 14.0. The number of unbranched alkanes of at least 4 members (excludes halogenated alkanes) is 1. The summed E-state index contributed by atoms with van der Waals surface area (Å²) in [7, 11) is 0. The van der Waals surface area contributed by atoms with Crippen molar-refractivity contribution >= 4 is 53.3 Å². The largest absolute Gasteiger partial charge is 0.357 e. The molecular weight excluding hydrogens is 491 g/mol. The maximum Gasteiger partial charge on any atom is 0.191 e. The zero-order valence-corrected chi connectivity index (χ0v) is 20.4. The number of nitrogens with one attached hydrogen (secondary N) is 2. The third-order valence-corrected chi connectivity index (χ3v) is 5.57. The molecule has 0 unspecified atom stereocenters. The van der Waals surface area contributed by atoms with Gasteiger partial charge in [0.1, 0.15) is 0 Å². The van der Waals surface area contributed by atoms with Gasteiger partial charge in [-0.05, 0) is 62.3 Å². The third kappa shape index (κ3) is 10.2. The first-order chi connectivity index (χ1) is 12.7. The average Bonchev–Trinajstić information content (AvgIpc) is 2.65. The number of benzene rings is 1. The highest BCUT2D eigenvalue weighted by Crippen LogP contribution is 2.16. The number of likely N-dealkylation sites (tertiary alicyclic amines) is 1. The Labute approximate surface area is 191 Å². The first-order valence-electron chi connectivity index (χ1n) is 9.72. The Hall–Kier alpha value is -0.180. The molecule has 154 valence electrons. The van der Waals surface area contributed by atoms with Gasteiger partial charge in [0.15, 0.2) is 5.96 Å². The number of guanidine groups is 1. The maximum atomic E-state index is 5.97. The summed E-state index contributed by atoms with van der Waals surface area (Å²) in [5.41, 5.74) is 1.33. The molecule has 0 aromatic heterocycles. The Balaban J connectivity index is 0.00000364. The van der Waals surface area contributed by atoms with E-state index in [-0.39, 0.29) is 24.0 Å². The molecule has 1 saturated heterocycles. The lowest BCUT2D eigenvalue weighted by atomic mass is 10.0. The number of hydrogen-bond acceptors (Lipinski definition) is 3. The number of thioether (sulfide) groups is 1. The second-order valence-corrected chi connectivity index (χ2v) is 8.20. The third-order valence-electron chi connectivity index (χ3n) is 4.62. The number of rotatable bonds is 9. The van der Waals surface area contributed by atoms with Crippen LogP contribution in [0.4, 0.5) is 0 Å². The molecule has 0 atom stereocenters. The van der Waals surface area contributed by atoms with Crippen molar-refractivity contribution < 1.29 is 0 Å². The van der Waals surface area contributed by atoms with Gasteiger partial charge < -0.3 is 10.6 Å². The number of halogens is 2. The van der Waals surface area contributed by atoms with E-state index in [2.05, 4.69) is 40.8 Å². The Morgan fingerprint density at radius 1 is 1.22 bits per heavy atom. The molecule has 0 radical (unpaired) electrons. The van der Waals surface area contributed by atoms with Gasteiger partial charge in [-0.1, -0.05) is 23.7 Å². The molecule has 1 aliphatic rings. The molecule has 2 N–H and O–H groups in total. The van der Waals surface area contributed by atoms with E-state index in [0.29, 0.717) is 6.04 Å². The number of piperidine rings is 1. The molecule has 1 aliphatic heterocycles. The van der Waals surface area contributed by atoms with Crippen molar-refractivity contribution in [1.29, 1.82) is 0 Å². The molecule has 0 saturated carbocycles. The second-order valence-electron chi connectivity index (χ2n) is 6.78. The van der Waals surface area contributed by atoms with Crippen LogP contribution in [0, 0.1) is 0 Å². The van der Waals surface area contributed by atoms with E-state index in [1.807, 2.05) is 23.9 Å². The van der Waals surface area contributed by atoms with E-state index in [1.165, 1.54) is 17.7 Å². The average molecular weight is 525 g/mol. The lowest BCUT2D eigenvalue weighted by Crippen LogP contribution is -2.48. The van der Waals surface area contributed by atoms with Crippen molar-refractivity contribution in [3.63, 3.8) is 0 Å². The van der Waals surface area contributed by atoms with E-state index >= 15 is 0 Å². The summed E-state index contributed by atoms with van der Waals surface area (Å²) in [4.78, 5) is 7.26. The minimum Gasteiger partial charge on any atom is -0.357 e. The highest BCUT2D eigenvalue weighted by Gasteiger charge is 2.20. The molecule has 0 bridgehead atoms. The van der Waals surface area contributed by atoms with Crippen molar-refractivity contribution in [2.45, 2.75) is 45.2 Å². The van der Waals surface area contributed by atoms with Gasteiger partial charge in [0, 0.05) is 43.8 Å². The standard InChI is InChI=1S/C20H33ClN4S.HI/c1-3-22-20(23-12-4-5-15-26-2)24-19-10-13-25(14-11-19)16-17-6-8-18(21)9-7-17;/h6-9,19H,3-5,10-16H2,1-2H3,(H2,22,23,24);1H. The van der Waals surface area contributed by atoms with Gasteiger partial charge in [-0.3, -0.25) is 9.89 Å². The topological polar surface area (TPSA) is 39.7 Å². The SMILES string of the molecule is CCNC(=NCCCCSC)NC1CCN(Cc2ccc(Cl)cc2)CC1.I. The molecule has 0 amide bonds. The number of hydrogen-bond donors (Lipinski definition) is 2. The van der Waals surface area contributed by atoms with E-state index in [1.54, 1.807) is 0 Å². The smallest absolute Gasteiger partial charge is 0.191 e. The molecule has 4 nitrogen and oxygen atoms in total. The van der Waals surface area contributed by atoms with Crippen LogP contribution >= 0.6 is 47.3 Å². The van der Waals surface area contributed by atoms with Crippen LogP contribution in [0.5, 0.6) is 0 Å². The Morgan fingerprint density at radius 3 is 2.56 bits per heavy atom. The summed E-state index contributed by atoms with van der Waals surface area (Å²) in [6, 6.07) is 8.72. The molecule has 1 fully saturated rings. The fraction of sp³-hybridized carbons (Fsp3) is 0.650. The van der Waals surface area contributed by atoms with Crippen molar-refractivity contribution in [2.24, 2.45) is 4.99 Å². The molecule has 1 heterocycles. The molecule has 0 spiro atoms. The van der Waals surface area contributed by atoms with Gasteiger partial charge in [-0.25, -0.2) is 0 Å². The zero-order valence-electron chi connectivity index (χ0n) is 16.5. The first kappa shape index (κ1) is 24.9. The fourth-order valence-electron chi connectivity index (χ4n) is 3.15. The molecule has 2 rings (SSSR count). The van der Waals surface area contributed by atoms with Gasteiger partial charge in [0.25, 0.3) is 0 Å². The summed E-state index contributed by atoms with van der Waals surface area (Å²) >= 11 is 7.88. The van der Waals surface area contributed by atoms with Crippen LogP contribution in [0.25, 0.3) is 0 Å². The monoisotopic (exact) mass is 524 g/mol. The summed E-state index contributed by atoms with van der Waals surface area (Å²) < 4.78 is 0. The zero-order chi connectivity index (χ0) is 18.6. The molecule has 7 heteroatoms. The van der Waals surface area contributed by atoms with Gasteiger partial charge in [0.2, 0.25) is 0 Å².